The van der Waals surface area contributed by atoms with Gasteiger partial charge in [0.2, 0.25) is 0 Å². The molecule has 11 heteroatoms. The molecule has 1 aromatic carbocycles. The van der Waals surface area contributed by atoms with E-state index in [-0.39, 0.29) is 18.6 Å². The molecule has 2 aliphatic rings. The number of halogens is 1. The quantitative estimate of drug-likeness (QED) is 0.447. The van der Waals surface area contributed by atoms with E-state index in [4.69, 9.17) is 21.7 Å². The second-order valence-electron chi connectivity index (χ2n) is 7.95. The van der Waals surface area contributed by atoms with Crippen molar-refractivity contribution in [2.24, 2.45) is 0 Å². The fraction of sp³-hybridized carbons (Fsp3) is 0.545. The molecule has 3 rings (SSSR count). The minimum absolute atomic E-state index is 0.271. The number of benzene rings is 1. The number of carbonyl (C=O) groups excluding carboxylic acids is 3. The monoisotopic (exact) mass is 480 g/mol. The lowest BCUT2D eigenvalue weighted by molar-refractivity contribution is -0.150. The Bertz CT molecular complexity index is 907. The van der Waals surface area contributed by atoms with Gasteiger partial charge in [-0.1, -0.05) is 19.1 Å². The van der Waals surface area contributed by atoms with E-state index in [0.717, 1.165) is 17.8 Å². The molecule has 1 aromatic rings. The van der Waals surface area contributed by atoms with Crippen LogP contribution in [0.2, 0.25) is 0 Å². The van der Waals surface area contributed by atoms with E-state index < -0.39 is 17.9 Å². The molecule has 0 radical (unpaired) electrons. The highest BCUT2D eigenvalue weighted by Crippen LogP contribution is 2.28. The second kappa shape index (κ2) is 11.3. The summed E-state index contributed by atoms with van der Waals surface area (Å²) < 4.78 is 25.1. The first-order chi connectivity index (χ1) is 15.8. The molecule has 0 aromatic heterocycles. The van der Waals surface area contributed by atoms with Crippen molar-refractivity contribution in [3.63, 3.8) is 0 Å². The van der Waals surface area contributed by atoms with Gasteiger partial charge in [-0.05, 0) is 31.0 Å². The summed E-state index contributed by atoms with van der Waals surface area (Å²) >= 11 is 5.22. The molecule has 1 N–H and O–H groups in total. The Morgan fingerprint density at radius 1 is 1.27 bits per heavy atom. The molecule has 9 nitrogen and oxygen atoms in total. The number of cyclic esters (lactones) is 1. The maximum absolute atomic E-state index is 14.9. The number of hydrogen-bond acceptors (Lipinski definition) is 7. The molecular weight excluding hydrogens is 451 g/mol. The molecule has 2 heterocycles. The molecule has 0 saturated carbocycles. The summed E-state index contributed by atoms with van der Waals surface area (Å²) in [7, 11) is 0. The number of carbonyl (C=O) groups is 3. The number of esters is 1. The lowest BCUT2D eigenvalue weighted by atomic mass is 10.2. The van der Waals surface area contributed by atoms with Gasteiger partial charge in [-0.25, -0.2) is 9.18 Å². The molecule has 33 heavy (non-hydrogen) atoms. The highest BCUT2D eigenvalue weighted by Gasteiger charge is 2.33. The Kier molecular flexibility index (Phi) is 8.43. The molecular formula is C22H29FN4O5S. The first-order valence-electron chi connectivity index (χ1n) is 11.0. The highest BCUT2D eigenvalue weighted by molar-refractivity contribution is 7.80. The van der Waals surface area contributed by atoms with Crippen molar-refractivity contribution in [3.8, 4) is 0 Å². The van der Waals surface area contributed by atoms with Crippen molar-refractivity contribution >= 4 is 46.6 Å². The third-order valence-electron chi connectivity index (χ3n) is 5.49. The SMILES string of the molecule is CCCC(=S)NC[C@H]1CN(c2ccc(N3CCN(C(=O)COC(C)=O)CC3)c(F)c2)C(=O)O1. The van der Waals surface area contributed by atoms with Gasteiger partial charge >= 0.3 is 12.1 Å². The number of ether oxygens (including phenoxy) is 2. The molecule has 2 saturated heterocycles. The van der Waals surface area contributed by atoms with Crippen molar-refractivity contribution in [3.05, 3.63) is 24.0 Å². The number of thiocarbonyl (C=S) groups is 1. The van der Waals surface area contributed by atoms with Crippen LogP contribution in [0.5, 0.6) is 0 Å². The lowest BCUT2D eigenvalue weighted by Gasteiger charge is -2.36. The van der Waals surface area contributed by atoms with E-state index in [9.17, 15) is 18.8 Å². The summed E-state index contributed by atoms with van der Waals surface area (Å²) in [6, 6.07) is 4.65. The van der Waals surface area contributed by atoms with Crippen LogP contribution < -0.4 is 15.1 Å². The van der Waals surface area contributed by atoms with Crippen LogP contribution in [0.1, 0.15) is 26.7 Å². The van der Waals surface area contributed by atoms with Crippen LogP contribution in [0.25, 0.3) is 0 Å². The zero-order valence-electron chi connectivity index (χ0n) is 18.8. The number of nitrogens with zero attached hydrogens (tertiary/aromatic N) is 3. The maximum Gasteiger partial charge on any atom is 0.414 e. The Morgan fingerprint density at radius 3 is 2.64 bits per heavy atom. The van der Waals surface area contributed by atoms with Gasteiger partial charge in [0.25, 0.3) is 5.91 Å². The van der Waals surface area contributed by atoms with Gasteiger partial charge in [-0.3, -0.25) is 14.5 Å². The van der Waals surface area contributed by atoms with Gasteiger partial charge in [0.05, 0.1) is 29.5 Å². The predicted molar refractivity (Wildman–Crippen MR) is 125 cm³/mol. The van der Waals surface area contributed by atoms with E-state index in [2.05, 4.69) is 5.32 Å². The van der Waals surface area contributed by atoms with Crippen LogP contribution in [0, 0.1) is 5.82 Å². The number of rotatable bonds is 8. The normalized spacial score (nSPS) is 18.2. The van der Waals surface area contributed by atoms with E-state index in [1.165, 1.54) is 17.9 Å². The van der Waals surface area contributed by atoms with Gasteiger partial charge in [0.15, 0.2) is 6.61 Å². The summed E-state index contributed by atoms with van der Waals surface area (Å²) in [5, 5.41) is 3.10. The van der Waals surface area contributed by atoms with E-state index in [0.29, 0.717) is 50.6 Å². The maximum atomic E-state index is 14.9. The van der Waals surface area contributed by atoms with Crippen molar-refractivity contribution in [1.82, 2.24) is 10.2 Å². The smallest absolute Gasteiger partial charge is 0.414 e. The molecule has 0 unspecified atom stereocenters. The third-order valence-corrected chi connectivity index (χ3v) is 5.84. The average molecular weight is 481 g/mol. The number of hydrogen-bond donors (Lipinski definition) is 1. The summed E-state index contributed by atoms with van der Waals surface area (Å²) in [6.07, 6.45) is 0.831. The molecule has 2 fully saturated rings. The Morgan fingerprint density at radius 2 is 2.00 bits per heavy atom. The molecule has 2 aliphatic heterocycles. The highest BCUT2D eigenvalue weighted by atomic mass is 32.1. The van der Waals surface area contributed by atoms with Crippen LogP contribution in [0.15, 0.2) is 18.2 Å². The van der Waals surface area contributed by atoms with E-state index >= 15 is 0 Å². The molecule has 0 aliphatic carbocycles. The van der Waals surface area contributed by atoms with Gasteiger partial charge in [0, 0.05) is 33.1 Å². The Hall–Kier alpha value is -2.95. The number of piperazine rings is 1. The molecule has 0 spiro atoms. The third kappa shape index (κ3) is 6.53. The van der Waals surface area contributed by atoms with Gasteiger partial charge in [-0.15, -0.1) is 0 Å². The summed E-state index contributed by atoms with van der Waals surface area (Å²) in [4.78, 5) is 40.8. The van der Waals surface area contributed by atoms with Crippen LogP contribution >= 0.6 is 12.2 Å². The van der Waals surface area contributed by atoms with Gasteiger partial charge in [-0.2, -0.15) is 0 Å². The average Bonchev–Trinajstić information content (AvgIpc) is 3.17. The first-order valence-corrected chi connectivity index (χ1v) is 11.4. The Labute approximate surface area is 197 Å². The fourth-order valence-corrected chi connectivity index (χ4v) is 4.04. The Balaban J connectivity index is 1.55. The topological polar surface area (TPSA) is 91.4 Å². The van der Waals surface area contributed by atoms with Crippen molar-refractivity contribution in [2.75, 3.05) is 55.7 Å². The number of anilines is 2. The van der Waals surface area contributed by atoms with Crippen LogP contribution in [-0.4, -0.2) is 79.8 Å². The van der Waals surface area contributed by atoms with Crippen molar-refractivity contribution in [1.29, 1.82) is 0 Å². The van der Waals surface area contributed by atoms with Crippen LogP contribution in [0.3, 0.4) is 0 Å². The molecule has 180 valence electrons. The number of amides is 2. The lowest BCUT2D eigenvalue weighted by Crippen LogP contribution is -2.50. The summed E-state index contributed by atoms with van der Waals surface area (Å²) in [5.41, 5.74) is 0.830. The summed E-state index contributed by atoms with van der Waals surface area (Å²) in [5.74, 6) is -1.23. The van der Waals surface area contributed by atoms with Gasteiger partial charge < -0.3 is 24.6 Å². The molecule has 2 amide bonds. The van der Waals surface area contributed by atoms with E-state index in [1.807, 2.05) is 11.8 Å². The van der Waals surface area contributed by atoms with Crippen LogP contribution in [-0.2, 0) is 19.1 Å². The van der Waals surface area contributed by atoms with Crippen LogP contribution in [0.4, 0.5) is 20.6 Å². The molecule has 0 bridgehead atoms. The fourth-order valence-electron chi connectivity index (χ4n) is 3.75. The summed E-state index contributed by atoms with van der Waals surface area (Å²) in [6.45, 7) is 5.41. The first kappa shape index (κ1) is 24.7. The number of nitrogens with one attached hydrogen (secondary N) is 1. The molecule has 1 atom stereocenters. The minimum atomic E-state index is -0.518. The van der Waals surface area contributed by atoms with Gasteiger partial charge in [0.1, 0.15) is 11.9 Å². The second-order valence-corrected chi connectivity index (χ2v) is 8.45. The van der Waals surface area contributed by atoms with Crippen molar-refractivity contribution < 1.29 is 28.2 Å². The predicted octanol–water partition coefficient (Wildman–Crippen LogP) is 2.08. The standard InChI is InChI=1S/C22H29FN4O5S/c1-3-4-20(33)24-12-17-13-27(22(30)32-17)16-5-6-19(18(23)11-16)25-7-9-26(10-8-25)21(29)14-31-15(2)28/h5-6,11,17H,3-4,7-10,12-14H2,1-2H3,(H,24,33)/t17-/m0/s1. The largest absolute Gasteiger partial charge is 0.456 e. The zero-order valence-corrected chi connectivity index (χ0v) is 19.7. The minimum Gasteiger partial charge on any atom is -0.456 e. The van der Waals surface area contributed by atoms with Crippen molar-refractivity contribution in [2.45, 2.75) is 32.8 Å². The van der Waals surface area contributed by atoms with E-state index in [1.54, 1.807) is 17.0 Å². The zero-order chi connectivity index (χ0) is 24.0.